The van der Waals surface area contributed by atoms with E-state index in [2.05, 4.69) is 5.32 Å². The summed E-state index contributed by atoms with van der Waals surface area (Å²) in [6, 6.07) is 14.5. The van der Waals surface area contributed by atoms with Crippen LogP contribution in [0.5, 0.6) is 23.0 Å². The van der Waals surface area contributed by atoms with Crippen molar-refractivity contribution in [3.8, 4) is 23.0 Å². The second-order valence-corrected chi connectivity index (χ2v) is 10.1. The highest BCUT2D eigenvalue weighted by molar-refractivity contribution is 7.92. The van der Waals surface area contributed by atoms with E-state index in [9.17, 15) is 17.6 Å². The number of anilines is 1. The number of amides is 1. The maximum atomic E-state index is 14.1. The summed E-state index contributed by atoms with van der Waals surface area (Å²) in [7, 11) is -4.27. The molecule has 0 atom stereocenters. The molecule has 0 saturated heterocycles. The number of nitrogens with one attached hydrogen (secondary N) is 1. The van der Waals surface area contributed by atoms with Crippen LogP contribution in [-0.4, -0.2) is 47.3 Å². The molecular weight excluding hydrogens is 515 g/mol. The molecule has 1 N–H and O–H groups in total. The highest BCUT2D eigenvalue weighted by Crippen LogP contribution is 2.34. The minimum atomic E-state index is -4.27. The third kappa shape index (κ3) is 6.28. The number of fused-ring (bicyclic) bond motifs is 1. The molecule has 0 bridgehead atoms. The molecular formula is C27H29FN2O7S. The molecule has 1 aliphatic rings. The Hall–Kier alpha value is -3.99. The first kappa shape index (κ1) is 27.1. The van der Waals surface area contributed by atoms with Crippen LogP contribution in [0.25, 0.3) is 0 Å². The van der Waals surface area contributed by atoms with Gasteiger partial charge in [-0.1, -0.05) is 12.1 Å². The van der Waals surface area contributed by atoms with E-state index in [4.69, 9.17) is 18.9 Å². The van der Waals surface area contributed by atoms with Crippen molar-refractivity contribution in [1.82, 2.24) is 5.32 Å². The summed E-state index contributed by atoms with van der Waals surface area (Å²) in [5.74, 6) is 0.620. The van der Waals surface area contributed by atoms with Crippen LogP contribution in [-0.2, 0) is 21.4 Å². The maximum Gasteiger partial charge on any atom is 0.264 e. The normalized spacial score (nSPS) is 12.5. The lowest BCUT2D eigenvalue weighted by Gasteiger charge is -2.25. The Kier molecular flexibility index (Phi) is 8.57. The smallest absolute Gasteiger partial charge is 0.264 e. The second-order valence-electron chi connectivity index (χ2n) is 8.22. The second kappa shape index (κ2) is 12.0. The molecule has 0 aliphatic carbocycles. The first-order valence-electron chi connectivity index (χ1n) is 12.1. The summed E-state index contributed by atoms with van der Waals surface area (Å²) in [5, 5.41) is 2.73. The lowest BCUT2D eigenvalue weighted by atomic mass is 10.2. The van der Waals surface area contributed by atoms with E-state index >= 15 is 0 Å². The van der Waals surface area contributed by atoms with Crippen molar-refractivity contribution in [2.24, 2.45) is 0 Å². The monoisotopic (exact) mass is 544 g/mol. The van der Waals surface area contributed by atoms with Crippen LogP contribution in [0.2, 0.25) is 0 Å². The zero-order valence-electron chi connectivity index (χ0n) is 21.1. The lowest BCUT2D eigenvalue weighted by molar-refractivity contribution is -0.119. The molecule has 3 aromatic rings. The van der Waals surface area contributed by atoms with Crippen molar-refractivity contribution in [3.05, 3.63) is 72.0 Å². The van der Waals surface area contributed by atoms with Crippen molar-refractivity contribution in [1.29, 1.82) is 0 Å². The van der Waals surface area contributed by atoms with Crippen molar-refractivity contribution < 1.29 is 36.6 Å². The van der Waals surface area contributed by atoms with Gasteiger partial charge in [-0.05, 0) is 61.9 Å². The van der Waals surface area contributed by atoms with Gasteiger partial charge >= 0.3 is 0 Å². The van der Waals surface area contributed by atoms with Gasteiger partial charge in [-0.25, -0.2) is 12.8 Å². The van der Waals surface area contributed by atoms with E-state index in [1.165, 1.54) is 36.4 Å². The van der Waals surface area contributed by atoms with Crippen molar-refractivity contribution in [2.45, 2.75) is 25.3 Å². The Bertz CT molecular complexity index is 1400. The molecule has 11 heteroatoms. The van der Waals surface area contributed by atoms with Gasteiger partial charge in [0, 0.05) is 12.6 Å². The van der Waals surface area contributed by atoms with E-state index < -0.39 is 28.3 Å². The molecule has 4 rings (SSSR count). The average molecular weight is 545 g/mol. The number of benzene rings is 3. The number of hydrogen-bond acceptors (Lipinski definition) is 7. The van der Waals surface area contributed by atoms with Crippen molar-refractivity contribution in [3.63, 3.8) is 0 Å². The summed E-state index contributed by atoms with van der Waals surface area (Å²) in [5.41, 5.74) is 0.743. The fraction of sp³-hybridized carbons (Fsp3) is 0.296. The van der Waals surface area contributed by atoms with E-state index in [-0.39, 0.29) is 29.5 Å². The molecule has 3 aromatic carbocycles. The van der Waals surface area contributed by atoms with Crippen LogP contribution in [0, 0.1) is 5.82 Å². The van der Waals surface area contributed by atoms with Gasteiger partial charge in [0.05, 0.1) is 23.8 Å². The van der Waals surface area contributed by atoms with Gasteiger partial charge in [-0.3, -0.25) is 9.10 Å². The van der Waals surface area contributed by atoms with Crippen LogP contribution in [0.15, 0.2) is 65.6 Å². The minimum Gasteiger partial charge on any atom is -0.490 e. The predicted molar refractivity (Wildman–Crippen MR) is 139 cm³/mol. The van der Waals surface area contributed by atoms with Gasteiger partial charge in [0.2, 0.25) is 5.91 Å². The molecule has 38 heavy (non-hydrogen) atoms. The molecule has 1 amide bonds. The summed E-state index contributed by atoms with van der Waals surface area (Å²) < 4.78 is 64.4. The Morgan fingerprint density at radius 3 is 2.42 bits per heavy atom. The number of halogens is 1. The fourth-order valence-electron chi connectivity index (χ4n) is 3.85. The number of carbonyl (C=O) groups excluding carboxylic acids is 1. The predicted octanol–water partition coefficient (Wildman–Crippen LogP) is 3.91. The van der Waals surface area contributed by atoms with Gasteiger partial charge in [-0.15, -0.1) is 0 Å². The van der Waals surface area contributed by atoms with Crippen LogP contribution in [0.1, 0.15) is 19.4 Å². The number of hydrogen-bond donors (Lipinski definition) is 1. The number of carbonyl (C=O) groups is 1. The lowest BCUT2D eigenvalue weighted by Crippen LogP contribution is -2.40. The zero-order chi connectivity index (χ0) is 27.1. The van der Waals surface area contributed by atoms with Crippen molar-refractivity contribution in [2.75, 3.05) is 37.3 Å². The van der Waals surface area contributed by atoms with Crippen molar-refractivity contribution >= 4 is 21.6 Å². The Balaban J connectivity index is 1.56. The maximum absolute atomic E-state index is 14.1. The molecule has 0 spiro atoms. The van der Waals surface area contributed by atoms with Crippen LogP contribution in [0.3, 0.4) is 0 Å². The summed E-state index contributed by atoms with van der Waals surface area (Å²) in [4.78, 5) is 12.8. The molecule has 0 aromatic heterocycles. The third-order valence-corrected chi connectivity index (χ3v) is 7.35. The van der Waals surface area contributed by atoms with Gasteiger partial charge in [0.15, 0.2) is 23.0 Å². The van der Waals surface area contributed by atoms with Crippen LogP contribution >= 0.6 is 0 Å². The molecule has 202 valence electrons. The highest BCUT2D eigenvalue weighted by Gasteiger charge is 2.29. The minimum absolute atomic E-state index is 0.00902. The van der Waals surface area contributed by atoms with Gasteiger partial charge < -0.3 is 24.3 Å². The fourth-order valence-corrected chi connectivity index (χ4v) is 5.28. The van der Waals surface area contributed by atoms with E-state index in [0.717, 1.165) is 15.9 Å². The summed E-state index contributed by atoms with van der Waals surface area (Å²) in [6.45, 7) is 4.82. The highest BCUT2D eigenvalue weighted by atomic mass is 32.2. The van der Waals surface area contributed by atoms with Crippen LogP contribution in [0.4, 0.5) is 10.1 Å². The first-order chi connectivity index (χ1) is 18.3. The molecule has 1 aliphatic heterocycles. The SMILES string of the molecule is CCOc1ccc(CNC(=O)CN(c2cccc(F)c2)S(=O)(=O)c2ccc3c(c2)OCCO3)cc1OCC. The Morgan fingerprint density at radius 1 is 0.947 bits per heavy atom. The molecule has 1 heterocycles. The van der Waals surface area contributed by atoms with Gasteiger partial charge in [-0.2, -0.15) is 0 Å². The Labute approximate surface area is 221 Å². The number of rotatable bonds is 11. The van der Waals surface area contributed by atoms with E-state index in [1.807, 2.05) is 13.8 Å². The zero-order valence-corrected chi connectivity index (χ0v) is 21.9. The van der Waals surface area contributed by atoms with E-state index in [1.54, 1.807) is 18.2 Å². The summed E-state index contributed by atoms with van der Waals surface area (Å²) in [6.07, 6.45) is 0. The molecule has 0 fully saturated rings. The topological polar surface area (TPSA) is 103 Å². The number of nitrogens with zero attached hydrogens (tertiary/aromatic N) is 1. The largest absolute Gasteiger partial charge is 0.490 e. The van der Waals surface area contributed by atoms with Crippen LogP contribution < -0.4 is 28.6 Å². The number of ether oxygens (including phenoxy) is 4. The van der Waals surface area contributed by atoms with E-state index in [0.29, 0.717) is 37.1 Å². The molecule has 9 nitrogen and oxygen atoms in total. The molecule has 0 unspecified atom stereocenters. The first-order valence-corrected chi connectivity index (χ1v) is 13.6. The Morgan fingerprint density at radius 2 is 1.68 bits per heavy atom. The quantitative estimate of drug-likeness (QED) is 0.391. The summed E-state index contributed by atoms with van der Waals surface area (Å²) >= 11 is 0. The van der Waals surface area contributed by atoms with Gasteiger partial charge in [0.1, 0.15) is 25.6 Å². The standard InChI is InChI=1S/C27H29FN2O7S/c1-3-34-23-10-8-19(14-25(23)35-4-2)17-29-27(31)18-30(21-7-5-6-20(28)15-21)38(32,33)22-9-11-24-26(16-22)37-13-12-36-24/h5-11,14-16H,3-4,12-13,17-18H2,1-2H3,(H,29,31). The molecule has 0 saturated carbocycles. The average Bonchev–Trinajstić information content (AvgIpc) is 2.91. The molecule has 0 radical (unpaired) electrons. The van der Waals surface area contributed by atoms with Gasteiger partial charge in [0.25, 0.3) is 10.0 Å². The number of sulfonamides is 1. The third-order valence-electron chi connectivity index (χ3n) is 5.58.